The molecule has 0 bridgehead atoms. The minimum absolute atomic E-state index is 0.503. The van der Waals surface area contributed by atoms with Gasteiger partial charge < -0.3 is 4.90 Å². The van der Waals surface area contributed by atoms with Gasteiger partial charge in [-0.05, 0) is 49.0 Å². The van der Waals surface area contributed by atoms with Crippen LogP contribution in [0.15, 0.2) is 36.0 Å². The zero-order chi connectivity index (χ0) is 15.9. The van der Waals surface area contributed by atoms with Gasteiger partial charge in [-0.2, -0.15) is 0 Å². The Hall–Kier alpha value is -1.50. The van der Waals surface area contributed by atoms with Crippen LogP contribution in [0.3, 0.4) is 0 Å². The minimum Gasteiger partial charge on any atom is -0.372 e. The fourth-order valence-electron chi connectivity index (χ4n) is 3.19. The molecule has 0 radical (unpaired) electrons. The average molecular weight is 297 g/mol. The van der Waals surface area contributed by atoms with Crippen LogP contribution in [0.25, 0.3) is 12.2 Å². The van der Waals surface area contributed by atoms with Gasteiger partial charge in [-0.15, -0.1) is 0 Å². The van der Waals surface area contributed by atoms with Crippen LogP contribution in [0.4, 0.5) is 0 Å². The van der Waals surface area contributed by atoms with Crippen LogP contribution < -0.4 is 10.4 Å². The molecule has 0 fully saturated rings. The molecule has 1 aromatic carbocycles. The van der Waals surface area contributed by atoms with Gasteiger partial charge in [0.2, 0.25) is 0 Å². The molecule has 0 N–H and O–H groups in total. The Labute approximate surface area is 136 Å². The van der Waals surface area contributed by atoms with E-state index >= 15 is 0 Å². The fraction of sp³-hybridized carbons (Fsp3) is 0.524. The summed E-state index contributed by atoms with van der Waals surface area (Å²) in [6.45, 7) is 6.82. The molecule has 0 spiro atoms. The van der Waals surface area contributed by atoms with Crippen molar-refractivity contribution in [3.8, 4) is 0 Å². The van der Waals surface area contributed by atoms with E-state index in [0.29, 0.717) is 6.04 Å². The SMILES string of the molecule is C/C=C(\CC[C@H](C)CC)N(C)C1C=c2ccccc2=CCC1. The van der Waals surface area contributed by atoms with E-state index in [4.69, 9.17) is 0 Å². The van der Waals surface area contributed by atoms with E-state index in [9.17, 15) is 0 Å². The highest BCUT2D eigenvalue weighted by Gasteiger charge is 2.15. The number of rotatable bonds is 6. The highest BCUT2D eigenvalue weighted by atomic mass is 15.1. The van der Waals surface area contributed by atoms with E-state index in [-0.39, 0.29) is 0 Å². The molecular formula is C21H31N. The van der Waals surface area contributed by atoms with Gasteiger partial charge in [-0.3, -0.25) is 0 Å². The summed E-state index contributed by atoms with van der Waals surface area (Å²) in [5.41, 5.74) is 1.49. The highest BCUT2D eigenvalue weighted by Crippen LogP contribution is 2.21. The second kappa shape index (κ2) is 8.22. The lowest BCUT2D eigenvalue weighted by atomic mass is 10.00. The van der Waals surface area contributed by atoms with E-state index < -0.39 is 0 Å². The summed E-state index contributed by atoms with van der Waals surface area (Å²) < 4.78 is 0. The highest BCUT2D eigenvalue weighted by molar-refractivity contribution is 5.39. The molecule has 0 aromatic heterocycles. The Kier molecular flexibility index (Phi) is 6.30. The third-order valence-electron chi connectivity index (χ3n) is 5.07. The van der Waals surface area contributed by atoms with Crippen LogP contribution in [0.2, 0.25) is 0 Å². The molecule has 1 aliphatic rings. The molecule has 22 heavy (non-hydrogen) atoms. The quantitative estimate of drug-likeness (QED) is 0.765. The standard InChI is InChI=1S/C21H31N/c1-5-17(3)14-15-20(6-2)22(4)21-13-9-12-18-10-7-8-11-19(18)16-21/h6-8,10-12,16-17,21H,5,9,13-15H2,1-4H3/b20-6+/t17-,21?/m1/s1. The zero-order valence-electron chi connectivity index (χ0n) is 14.7. The number of allylic oxidation sites excluding steroid dienone is 2. The maximum Gasteiger partial charge on any atom is 0.0478 e. The van der Waals surface area contributed by atoms with E-state index in [0.717, 1.165) is 12.3 Å². The maximum absolute atomic E-state index is 2.50. The minimum atomic E-state index is 0.503. The van der Waals surface area contributed by atoms with Gasteiger partial charge in [-0.25, -0.2) is 0 Å². The van der Waals surface area contributed by atoms with Gasteiger partial charge in [0.25, 0.3) is 0 Å². The van der Waals surface area contributed by atoms with Crippen LogP contribution >= 0.6 is 0 Å². The van der Waals surface area contributed by atoms with Crippen LogP contribution in [-0.4, -0.2) is 18.0 Å². The van der Waals surface area contributed by atoms with Gasteiger partial charge in [0.05, 0.1) is 0 Å². The van der Waals surface area contributed by atoms with E-state index in [1.54, 1.807) is 0 Å². The number of nitrogens with zero attached hydrogens (tertiary/aromatic N) is 1. The van der Waals surface area contributed by atoms with Crippen molar-refractivity contribution in [1.82, 2.24) is 4.90 Å². The molecule has 0 heterocycles. The molecule has 1 aliphatic carbocycles. The first-order valence-corrected chi connectivity index (χ1v) is 8.80. The summed E-state index contributed by atoms with van der Waals surface area (Å²) in [6, 6.07) is 9.25. The molecular weight excluding hydrogens is 266 g/mol. The molecule has 1 aromatic rings. The molecule has 1 nitrogen and oxygen atoms in total. The van der Waals surface area contributed by atoms with Crippen molar-refractivity contribution in [2.75, 3.05) is 7.05 Å². The second-order valence-electron chi connectivity index (χ2n) is 6.59. The van der Waals surface area contributed by atoms with Gasteiger partial charge in [-0.1, -0.05) is 62.8 Å². The van der Waals surface area contributed by atoms with Crippen molar-refractivity contribution >= 4 is 12.2 Å². The monoisotopic (exact) mass is 297 g/mol. The Balaban J connectivity index is 2.15. The van der Waals surface area contributed by atoms with Crippen molar-refractivity contribution in [1.29, 1.82) is 0 Å². The van der Waals surface area contributed by atoms with Crippen molar-refractivity contribution in [2.45, 2.75) is 58.9 Å². The summed E-state index contributed by atoms with van der Waals surface area (Å²) in [7, 11) is 2.26. The maximum atomic E-state index is 2.50. The lowest BCUT2D eigenvalue weighted by Crippen LogP contribution is -2.32. The molecule has 120 valence electrons. The third-order valence-corrected chi connectivity index (χ3v) is 5.07. The molecule has 0 amide bonds. The van der Waals surface area contributed by atoms with Gasteiger partial charge in [0, 0.05) is 18.8 Å². The van der Waals surface area contributed by atoms with Crippen LogP contribution in [0.1, 0.15) is 52.9 Å². The lowest BCUT2D eigenvalue weighted by Gasteiger charge is -2.30. The van der Waals surface area contributed by atoms with Gasteiger partial charge >= 0.3 is 0 Å². The van der Waals surface area contributed by atoms with Crippen LogP contribution in [-0.2, 0) is 0 Å². The number of hydrogen-bond acceptors (Lipinski definition) is 1. The van der Waals surface area contributed by atoms with Crippen molar-refractivity contribution in [3.05, 3.63) is 46.5 Å². The normalized spacial score (nSPS) is 19.5. The van der Waals surface area contributed by atoms with Crippen LogP contribution in [0.5, 0.6) is 0 Å². The molecule has 0 saturated heterocycles. The van der Waals surface area contributed by atoms with E-state index in [1.807, 2.05) is 0 Å². The number of fused-ring (bicyclic) bond motifs is 1. The molecule has 1 unspecified atom stereocenters. The Morgan fingerprint density at radius 2 is 2.05 bits per heavy atom. The first-order chi connectivity index (χ1) is 10.7. The summed E-state index contributed by atoms with van der Waals surface area (Å²) in [6.07, 6.45) is 13.2. The fourth-order valence-corrected chi connectivity index (χ4v) is 3.19. The molecule has 1 heteroatoms. The van der Waals surface area contributed by atoms with Gasteiger partial charge in [0.1, 0.15) is 0 Å². The first kappa shape index (κ1) is 16.9. The van der Waals surface area contributed by atoms with E-state index in [1.165, 1.54) is 41.8 Å². The zero-order valence-corrected chi connectivity index (χ0v) is 14.7. The second-order valence-corrected chi connectivity index (χ2v) is 6.59. The Bertz CT molecular complexity index is 611. The predicted octanol–water partition coefficient (Wildman–Crippen LogP) is 4.07. The summed E-state index contributed by atoms with van der Waals surface area (Å²) in [5, 5.41) is 2.77. The smallest absolute Gasteiger partial charge is 0.0478 e. The summed E-state index contributed by atoms with van der Waals surface area (Å²) in [4.78, 5) is 2.50. The van der Waals surface area contributed by atoms with Crippen LogP contribution in [0, 0.1) is 5.92 Å². The van der Waals surface area contributed by atoms with Gasteiger partial charge in [0.15, 0.2) is 0 Å². The van der Waals surface area contributed by atoms with E-state index in [2.05, 4.69) is 75.2 Å². The Morgan fingerprint density at radius 3 is 2.73 bits per heavy atom. The number of hydrogen-bond donors (Lipinski definition) is 0. The average Bonchev–Trinajstić information content (AvgIpc) is 2.77. The van der Waals surface area contributed by atoms with Crippen molar-refractivity contribution in [2.24, 2.45) is 5.92 Å². The first-order valence-electron chi connectivity index (χ1n) is 8.80. The van der Waals surface area contributed by atoms with Crippen molar-refractivity contribution < 1.29 is 0 Å². The summed E-state index contributed by atoms with van der Waals surface area (Å²) >= 11 is 0. The van der Waals surface area contributed by atoms with Crippen molar-refractivity contribution in [3.63, 3.8) is 0 Å². The molecule has 0 saturated carbocycles. The topological polar surface area (TPSA) is 3.24 Å². The molecule has 2 atom stereocenters. The number of benzene rings is 1. The lowest BCUT2D eigenvalue weighted by molar-refractivity contribution is 0.332. The third kappa shape index (κ3) is 4.25. The molecule has 2 rings (SSSR count). The summed E-state index contributed by atoms with van der Waals surface area (Å²) in [5.74, 6) is 0.815. The largest absolute Gasteiger partial charge is 0.372 e. The Morgan fingerprint density at radius 1 is 1.32 bits per heavy atom. The molecule has 0 aliphatic heterocycles. The predicted molar refractivity (Wildman–Crippen MR) is 97.9 cm³/mol.